The molecule has 1 aliphatic heterocycles. The predicted octanol–water partition coefficient (Wildman–Crippen LogP) is 1.30. The van der Waals surface area contributed by atoms with E-state index in [1.807, 2.05) is 36.5 Å². The van der Waals surface area contributed by atoms with Crippen molar-refractivity contribution < 1.29 is 14.3 Å². The van der Waals surface area contributed by atoms with Gasteiger partial charge < -0.3 is 10.1 Å². The van der Waals surface area contributed by atoms with E-state index in [4.69, 9.17) is 4.74 Å². The third-order valence-electron chi connectivity index (χ3n) is 3.89. The molecule has 0 spiro atoms. The van der Waals surface area contributed by atoms with Crippen LogP contribution in [0.2, 0.25) is 0 Å². The molecule has 0 radical (unpaired) electrons. The lowest BCUT2D eigenvalue weighted by atomic mass is 9.97. The Morgan fingerprint density at radius 2 is 2.18 bits per heavy atom. The molecule has 2 atom stereocenters. The van der Waals surface area contributed by atoms with Crippen LogP contribution in [0.4, 0.5) is 0 Å². The Labute approximate surface area is 128 Å². The molecule has 1 saturated heterocycles. The monoisotopic (exact) mass is 299 g/mol. The minimum Gasteiger partial charge on any atom is -0.465 e. The summed E-state index contributed by atoms with van der Waals surface area (Å²) in [6, 6.07) is 9.63. The normalized spacial score (nSPS) is 20.7. The first-order chi connectivity index (χ1) is 10.6. The van der Waals surface area contributed by atoms with E-state index in [-0.39, 0.29) is 24.4 Å². The van der Waals surface area contributed by atoms with Crippen LogP contribution in [0.5, 0.6) is 0 Å². The van der Waals surface area contributed by atoms with E-state index in [0.29, 0.717) is 6.54 Å². The molecule has 1 fully saturated rings. The van der Waals surface area contributed by atoms with Gasteiger partial charge in [-0.1, -0.05) is 19.1 Å². The Kier molecular flexibility index (Phi) is 3.91. The number of aromatic nitrogens is 2. The molecule has 114 valence electrons. The summed E-state index contributed by atoms with van der Waals surface area (Å²) >= 11 is 0. The summed E-state index contributed by atoms with van der Waals surface area (Å²) < 4.78 is 6.67. The average Bonchev–Trinajstić information content (AvgIpc) is 3.17. The molecular formula is C16H17N3O3. The highest BCUT2D eigenvalue weighted by molar-refractivity contribution is 5.87. The number of benzene rings is 1. The first kappa shape index (κ1) is 14.3. The molecule has 0 aliphatic carbocycles. The number of rotatable bonds is 4. The topological polar surface area (TPSA) is 73.2 Å². The number of esters is 1. The highest BCUT2D eigenvalue weighted by atomic mass is 16.5. The summed E-state index contributed by atoms with van der Waals surface area (Å²) in [6.07, 6.45) is 3.59. The maximum atomic E-state index is 12.1. The van der Waals surface area contributed by atoms with Crippen molar-refractivity contribution in [2.24, 2.45) is 11.8 Å². The van der Waals surface area contributed by atoms with Crippen molar-refractivity contribution in [2.45, 2.75) is 13.5 Å². The smallest absolute Gasteiger partial charge is 0.309 e. The van der Waals surface area contributed by atoms with E-state index >= 15 is 0 Å². The first-order valence-corrected chi connectivity index (χ1v) is 7.18. The summed E-state index contributed by atoms with van der Waals surface area (Å²) in [6.45, 7) is 2.32. The fourth-order valence-corrected chi connectivity index (χ4v) is 2.42. The van der Waals surface area contributed by atoms with Crippen molar-refractivity contribution in [2.75, 3.05) is 6.61 Å². The van der Waals surface area contributed by atoms with Crippen molar-refractivity contribution in [3.05, 3.63) is 48.3 Å². The number of nitrogens with zero attached hydrogens (tertiary/aromatic N) is 2. The van der Waals surface area contributed by atoms with Gasteiger partial charge in [-0.25, -0.2) is 4.68 Å². The number of carbonyl (C=O) groups is 2. The van der Waals surface area contributed by atoms with Gasteiger partial charge in [0, 0.05) is 18.9 Å². The van der Waals surface area contributed by atoms with Crippen molar-refractivity contribution in [1.29, 1.82) is 0 Å². The first-order valence-electron chi connectivity index (χ1n) is 7.18. The van der Waals surface area contributed by atoms with E-state index < -0.39 is 5.92 Å². The molecule has 1 aromatic carbocycles. The number of ether oxygens (including phenoxy) is 1. The van der Waals surface area contributed by atoms with Gasteiger partial charge in [0.25, 0.3) is 0 Å². The molecular weight excluding hydrogens is 282 g/mol. The number of carbonyl (C=O) groups excluding carboxylic acids is 2. The Morgan fingerprint density at radius 1 is 1.41 bits per heavy atom. The lowest BCUT2D eigenvalue weighted by Gasteiger charge is -2.12. The van der Waals surface area contributed by atoms with Gasteiger partial charge in [-0.3, -0.25) is 9.59 Å². The van der Waals surface area contributed by atoms with Crippen molar-refractivity contribution >= 4 is 11.9 Å². The molecule has 0 unspecified atom stereocenters. The van der Waals surface area contributed by atoms with Crippen molar-refractivity contribution in [1.82, 2.24) is 15.1 Å². The zero-order valence-electron chi connectivity index (χ0n) is 12.2. The summed E-state index contributed by atoms with van der Waals surface area (Å²) in [5.41, 5.74) is 1.95. The third-order valence-corrected chi connectivity index (χ3v) is 3.89. The van der Waals surface area contributed by atoms with Gasteiger partial charge in [-0.15, -0.1) is 0 Å². The fraction of sp³-hybridized carbons (Fsp3) is 0.312. The van der Waals surface area contributed by atoms with Gasteiger partial charge in [0.15, 0.2) is 0 Å². The molecule has 2 heterocycles. The lowest BCUT2D eigenvalue weighted by molar-refractivity contribution is -0.141. The second-order valence-corrected chi connectivity index (χ2v) is 5.36. The van der Waals surface area contributed by atoms with Crippen LogP contribution in [0.1, 0.15) is 12.5 Å². The minimum atomic E-state index is -0.393. The second-order valence-electron chi connectivity index (χ2n) is 5.36. The quantitative estimate of drug-likeness (QED) is 0.864. The second kappa shape index (κ2) is 6.01. The highest BCUT2D eigenvalue weighted by Gasteiger charge is 2.37. The number of amides is 1. The molecule has 1 aromatic heterocycles. The number of cyclic esters (lactones) is 1. The number of hydrogen-bond donors (Lipinski definition) is 1. The minimum absolute atomic E-state index is 0.144. The number of nitrogens with one attached hydrogen (secondary N) is 1. The van der Waals surface area contributed by atoms with E-state index in [9.17, 15) is 9.59 Å². The van der Waals surface area contributed by atoms with Crippen molar-refractivity contribution in [3.8, 4) is 5.69 Å². The van der Waals surface area contributed by atoms with Crippen LogP contribution in [0.3, 0.4) is 0 Å². The molecule has 3 rings (SSSR count). The van der Waals surface area contributed by atoms with Gasteiger partial charge in [0.2, 0.25) is 5.91 Å². The van der Waals surface area contributed by atoms with E-state index in [2.05, 4.69) is 10.4 Å². The van der Waals surface area contributed by atoms with Crippen LogP contribution in [-0.2, 0) is 20.9 Å². The molecule has 6 heteroatoms. The Morgan fingerprint density at radius 3 is 2.77 bits per heavy atom. The largest absolute Gasteiger partial charge is 0.465 e. The van der Waals surface area contributed by atoms with Crippen LogP contribution in [-0.4, -0.2) is 28.3 Å². The molecule has 1 amide bonds. The lowest BCUT2D eigenvalue weighted by Crippen LogP contribution is -2.33. The summed E-state index contributed by atoms with van der Waals surface area (Å²) in [4.78, 5) is 23.4. The van der Waals surface area contributed by atoms with Gasteiger partial charge in [0.05, 0.1) is 17.5 Å². The Bertz CT molecular complexity index is 664. The maximum Gasteiger partial charge on any atom is 0.309 e. The predicted molar refractivity (Wildman–Crippen MR) is 79.0 cm³/mol. The Balaban J connectivity index is 1.58. The number of hydrogen-bond acceptors (Lipinski definition) is 4. The van der Waals surface area contributed by atoms with E-state index in [0.717, 1.165) is 11.3 Å². The fourth-order valence-electron chi connectivity index (χ4n) is 2.42. The maximum absolute atomic E-state index is 12.1. The molecule has 1 N–H and O–H groups in total. The van der Waals surface area contributed by atoms with Gasteiger partial charge in [-0.05, 0) is 23.8 Å². The third kappa shape index (κ3) is 2.86. The van der Waals surface area contributed by atoms with Crippen molar-refractivity contribution in [3.63, 3.8) is 0 Å². The van der Waals surface area contributed by atoms with Crippen LogP contribution in [0.15, 0.2) is 42.7 Å². The van der Waals surface area contributed by atoms with Crippen LogP contribution < -0.4 is 5.32 Å². The molecule has 1 aliphatic rings. The van der Waals surface area contributed by atoms with Gasteiger partial charge >= 0.3 is 5.97 Å². The molecule has 0 saturated carbocycles. The van der Waals surface area contributed by atoms with Gasteiger partial charge in [-0.2, -0.15) is 5.10 Å². The Hall–Kier alpha value is -2.63. The highest BCUT2D eigenvalue weighted by Crippen LogP contribution is 2.21. The van der Waals surface area contributed by atoms with Gasteiger partial charge in [0.1, 0.15) is 6.61 Å². The zero-order valence-corrected chi connectivity index (χ0v) is 12.2. The standard InChI is InChI=1S/C16H17N3O3/c1-11-14(10-22-16(11)21)15(20)17-9-12-3-5-13(6-4-12)19-8-2-7-18-19/h2-8,11,14H,9-10H2,1H3,(H,17,20)/t11-,14+/m0/s1. The average molecular weight is 299 g/mol. The molecule has 0 bridgehead atoms. The molecule has 2 aromatic rings. The molecule has 6 nitrogen and oxygen atoms in total. The summed E-state index contributed by atoms with van der Waals surface area (Å²) in [5.74, 6) is -1.21. The SMILES string of the molecule is C[C@@H]1C(=O)OC[C@H]1C(=O)NCc1ccc(-n2cccn2)cc1. The van der Waals surface area contributed by atoms with E-state index in [1.54, 1.807) is 17.8 Å². The van der Waals surface area contributed by atoms with E-state index in [1.165, 1.54) is 0 Å². The summed E-state index contributed by atoms with van der Waals surface area (Å²) in [7, 11) is 0. The zero-order chi connectivity index (χ0) is 15.5. The van der Waals surface area contributed by atoms with Crippen LogP contribution in [0, 0.1) is 11.8 Å². The van der Waals surface area contributed by atoms with Crippen LogP contribution >= 0.6 is 0 Å². The molecule has 22 heavy (non-hydrogen) atoms. The van der Waals surface area contributed by atoms with Crippen LogP contribution in [0.25, 0.3) is 5.69 Å². The summed E-state index contributed by atoms with van der Waals surface area (Å²) in [5, 5.41) is 7.01.